The van der Waals surface area contributed by atoms with Gasteiger partial charge in [0.25, 0.3) is 5.69 Å². The van der Waals surface area contributed by atoms with Gasteiger partial charge in [0.05, 0.1) is 10.5 Å². The van der Waals surface area contributed by atoms with Crippen molar-refractivity contribution in [3.8, 4) is 0 Å². The van der Waals surface area contributed by atoms with Gasteiger partial charge >= 0.3 is 6.18 Å². The van der Waals surface area contributed by atoms with Crippen molar-refractivity contribution in [3.05, 3.63) is 39.4 Å². The predicted octanol–water partition coefficient (Wildman–Crippen LogP) is 2.81. The molecule has 94 valence electrons. The molecule has 0 unspecified atom stereocenters. The van der Waals surface area contributed by atoms with Gasteiger partial charge in [0.1, 0.15) is 0 Å². The van der Waals surface area contributed by atoms with E-state index in [2.05, 4.69) is 0 Å². The first-order valence-corrected chi connectivity index (χ1v) is 4.68. The van der Waals surface area contributed by atoms with Crippen LogP contribution in [0.15, 0.2) is 18.2 Å². The average Bonchev–Trinajstić information content (AvgIpc) is 2.14. The molecule has 0 atom stereocenters. The Hall–Kier alpha value is -1.63. The van der Waals surface area contributed by atoms with E-state index in [0.29, 0.717) is 6.07 Å². The van der Waals surface area contributed by atoms with Gasteiger partial charge in [-0.3, -0.25) is 10.1 Å². The summed E-state index contributed by atoms with van der Waals surface area (Å²) in [6.45, 7) is 2.96. The number of non-ortho nitro benzene ring substituents is 1. The number of hydrogen-bond donors (Lipinski definition) is 1. The fraction of sp³-hybridized carbons (Fsp3) is 0.400. The molecule has 1 rings (SSSR count). The minimum absolute atomic E-state index is 0.0685. The number of hydrogen-bond acceptors (Lipinski definition) is 3. The molecule has 0 bridgehead atoms. The molecule has 0 radical (unpaired) electrons. The third-order valence-corrected chi connectivity index (χ3v) is 2.20. The average molecular weight is 248 g/mol. The Bertz CT molecular complexity index is 418. The van der Waals surface area contributed by atoms with Gasteiger partial charge in [0, 0.05) is 17.7 Å². The van der Waals surface area contributed by atoms with Crippen molar-refractivity contribution in [1.29, 1.82) is 0 Å². The van der Waals surface area contributed by atoms with Gasteiger partial charge in [-0.05, 0) is 25.5 Å². The van der Waals surface area contributed by atoms with E-state index in [-0.39, 0.29) is 5.56 Å². The highest BCUT2D eigenvalue weighted by Gasteiger charge is 2.34. The second-order valence-corrected chi connectivity index (χ2v) is 4.25. The highest BCUT2D eigenvalue weighted by Crippen LogP contribution is 2.34. The first-order valence-electron chi connectivity index (χ1n) is 4.68. The van der Waals surface area contributed by atoms with Crippen molar-refractivity contribution in [2.24, 2.45) is 5.73 Å². The summed E-state index contributed by atoms with van der Waals surface area (Å²) in [5.74, 6) is 0. The summed E-state index contributed by atoms with van der Waals surface area (Å²) in [5.41, 5.74) is 2.95. The van der Waals surface area contributed by atoms with Crippen LogP contribution in [-0.4, -0.2) is 4.92 Å². The lowest BCUT2D eigenvalue weighted by Crippen LogP contribution is -2.29. The normalized spacial score (nSPS) is 12.6. The fourth-order valence-electron chi connectivity index (χ4n) is 1.25. The Balaban J connectivity index is 3.45. The zero-order valence-corrected chi connectivity index (χ0v) is 9.21. The molecule has 0 amide bonds. The molecule has 0 heterocycles. The Morgan fingerprint density at radius 1 is 1.18 bits per heavy atom. The lowest BCUT2D eigenvalue weighted by Gasteiger charge is -2.20. The predicted molar refractivity (Wildman–Crippen MR) is 55.3 cm³/mol. The van der Waals surface area contributed by atoms with Crippen molar-refractivity contribution in [3.63, 3.8) is 0 Å². The smallest absolute Gasteiger partial charge is 0.322 e. The molecule has 0 aliphatic carbocycles. The molecule has 0 aliphatic heterocycles. The van der Waals surface area contributed by atoms with Crippen molar-refractivity contribution >= 4 is 5.69 Å². The van der Waals surface area contributed by atoms with Gasteiger partial charge in [0.2, 0.25) is 0 Å². The highest BCUT2D eigenvalue weighted by molar-refractivity contribution is 5.42. The van der Waals surface area contributed by atoms with Crippen LogP contribution in [0.2, 0.25) is 0 Å². The number of nitrogens with two attached hydrogens (primary N) is 1. The largest absolute Gasteiger partial charge is 0.416 e. The number of nitrogens with zero attached hydrogens (tertiary/aromatic N) is 1. The van der Waals surface area contributed by atoms with Gasteiger partial charge in [-0.2, -0.15) is 13.2 Å². The molecule has 17 heavy (non-hydrogen) atoms. The number of nitro benzene ring substituents is 1. The second kappa shape index (κ2) is 3.99. The minimum Gasteiger partial charge on any atom is -0.322 e. The SMILES string of the molecule is CC(C)(N)c1cc([N+](=O)[O-])cc(C(F)(F)F)c1. The van der Waals surface area contributed by atoms with Crippen LogP contribution in [0.3, 0.4) is 0 Å². The summed E-state index contributed by atoms with van der Waals surface area (Å²) < 4.78 is 37.6. The quantitative estimate of drug-likeness (QED) is 0.646. The molecule has 4 nitrogen and oxygen atoms in total. The van der Waals surface area contributed by atoms with E-state index >= 15 is 0 Å². The molecule has 0 spiro atoms. The van der Waals surface area contributed by atoms with E-state index in [1.54, 1.807) is 0 Å². The zero-order chi connectivity index (χ0) is 13.4. The first-order chi connectivity index (χ1) is 7.51. The summed E-state index contributed by atoms with van der Waals surface area (Å²) >= 11 is 0. The van der Waals surface area contributed by atoms with E-state index < -0.39 is 27.9 Å². The molecule has 2 N–H and O–H groups in total. The monoisotopic (exact) mass is 248 g/mol. The van der Waals surface area contributed by atoms with Crippen LogP contribution in [0, 0.1) is 10.1 Å². The minimum atomic E-state index is -4.63. The maximum absolute atomic E-state index is 12.5. The number of rotatable bonds is 2. The fourth-order valence-corrected chi connectivity index (χ4v) is 1.25. The Kier molecular flexibility index (Phi) is 3.15. The number of alkyl halides is 3. The highest BCUT2D eigenvalue weighted by atomic mass is 19.4. The van der Waals surface area contributed by atoms with E-state index in [1.165, 1.54) is 13.8 Å². The summed E-state index contributed by atoms with van der Waals surface area (Å²) in [4.78, 5) is 9.69. The van der Waals surface area contributed by atoms with Gasteiger partial charge < -0.3 is 5.73 Å². The zero-order valence-electron chi connectivity index (χ0n) is 9.21. The van der Waals surface area contributed by atoms with E-state index in [9.17, 15) is 23.3 Å². The Morgan fingerprint density at radius 2 is 1.65 bits per heavy atom. The van der Waals surface area contributed by atoms with Crippen LogP contribution in [0.25, 0.3) is 0 Å². The van der Waals surface area contributed by atoms with Crippen LogP contribution in [0.1, 0.15) is 25.0 Å². The van der Waals surface area contributed by atoms with Crippen molar-refractivity contribution in [2.75, 3.05) is 0 Å². The molecular weight excluding hydrogens is 237 g/mol. The summed E-state index contributed by atoms with van der Waals surface area (Å²) in [7, 11) is 0. The number of nitro groups is 1. The molecule has 0 saturated heterocycles. The van der Waals surface area contributed by atoms with Gasteiger partial charge in [-0.1, -0.05) is 0 Å². The second-order valence-electron chi connectivity index (χ2n) is 4.25. The summed E-state index contributed by atoms with van der Waals surface area (Å²) in [5, 5.41) is 10.6. The molecular formula is C10H11F3N2O2. The van der Waals surface area contributed by atoms with Crippen LogP contribution < -0.4 is 5.73 Å². The van der Waals surface area contributed by atoms with E-state index in [1.807, 2.05) is 0 Å². The van der Waals surface area contributed by atoms with Crippen LogP contribution >= 0.6 is 0 Å². The van der Waals surface area contributed by atoms with Crippen LogP contribution in [0.5, 0.6) is 0 Å². The van der Waals surface area contributed by atoms with Crippen LogP contribution in [0.4, 0.5) is 18.9 Å². The molecule has 1 aromatic carbocycles. The third-order valence-electron chi connectivity index (χ3n) is 2.20. The van der Waals surface area contributed by atoms with Crippen molar-refractivity contribution < 1.29 is 18.1 Å². The van der Waals surface area contributed by atoms with E-state index in [4.69, 9.17) is 5.73 Å². The molecule has 1 aromatic rings. The third kappa shape index (κ3) is 3.16. The van der Waals surface area contributed by atoms with E-state index in [0.717, 1.165) is 12.1 Å². The Labute approximate surface area is 95.4 Å². The summed E-state index contributed by atoms with van der Waals surface area (Å²) in [6, 6.07) is 2.37. The van der Waals surface area contributed by atoms with Crippen LogP contribution in [-0.2, 0) is 11.7 Å². The first kappa shape index (κ1) is 13.4. The molecule has 0 aliphatic rings. The summed E-state index contributed by atoms with van der Waals surface area (Å²) in [6.07, 6.45) is -4.63. The molecule has 0 fully saturated rings. The Morgan fingerprint density at radius 3 is 2.00 bits per heavy atom. The maximum Gasteiger partial charge on any atom is 0.416 e. The standard InChI is InChI=1S/C10H11F3N2O2/c1-9(2,14)6-3-7(10(11,12)13)5-8(4-6)15(16)17/h3-5H,14H2,1-2H3. The molecule has 0 aromatic heterocycles. The van der Waals surface area contributed by atoms with Gasteiger partial charge in [-0.25, -0.2) is 0 Å². The molecule has 0 saturated carbocycles. The lowest BCUT2D eigenvalue weighted by atomic mass is 9.93. The maximum atomic E-state index is 12.5. The lowest BCUT2D eigenvalue weighted by molar-refractivity contribution is -0.385. The van der Waals surface area contributed by atoms with Crippen molar-refractivity contribution in [1.82, 2.24) is 0 Å². The number of halogens is 3. The van der Waals surface area contributed by atoms with Crippen molar-refractivity contribution in [2.45, 2.75) is 25.6 Å². The molecule has 7 heteroatoms. The number of benzene rings is 1. The van der Waals surface area contributed by atoms with Gasteiger partial charge in [0.15, 0.2) is 0 Å². The topological polar surface area (TPSA) is 69.2 Å². The van der Waals surface area contributed by atoms with Gasteiger partial charge in [-0.15, -0.1) is 0 Å².